The summed E-state index contributed by atoms with van der Waals surface area (Å²) < 4.78 is 10.6. The van der Waals surface area contributed by atoms with Crippen molar-refractivity contribution in [1.82, 2.24) is 15.4 Å². The van der Waals surface area contributed by atoms with Gasteiger partial charge in [0.1, 0.15) is 11.5 Å². The van der Waals surface area contributed by atoms with Gasteiger partial charge in [0.25, 0.3) is 5.91 Å². The molecule has 1 aliphatic heterocycles. The number of aryl methyl sites for hydroxylation is 2. The molecule has 1 fully saturated rings. The summed E-state index contributed by atoms with van der Waals surface area (Å²) in [5.74, 6) is 1.59. The smallest absolute Gasteiger partial charge is 0.261 e. The van der Waals surface area contributed by atoms with E-state index in [2.05, 4.69) is 21.4 Å². The van der Waals surface area contributed by atoms with E-state index in [1.165, 1.54) is 10.4 Å². The van der Waals surface area contributed by atoms with Gasteiger partial charge in [0.15, 0.2) is 0 Å². The van der Waals surface area contributed by atoms with Crippen molar-refractivity contribution in [2.75, 3.05) is 6.54 Å². The summed E-state index contributed by atoms with van der Waals surface area (Å²) in [5, 5.41) is 6.98. The number of carbonyl (C=O) groups excluding carboxylic acids is 1. The number of nitrogens with zero attached hydrogens (tertiary/aromatic N) is 2. The van der Waals surface area contributed by atoms with Crippen LogP contribution in [0.4, 0.5) is 0 Å². The van der Waals surface area contributed by atoms with Crippen molar-refractivity contribution in [1.29, 1.82) is 0 Å². The minimum absolute atomic E-state index is 0.0575. The van der Waals surface area contributed by atoms with Crippen molar-refractivity contribution in [2.24, 2.45) is 0 Å². The second-order valence-electron chi connectivity index (χ2n) is 6.90. The second kappa shape index (κ2) is 7.70. The van der Waals surface area contributed by atoms with Crippen LogP contribution < -0.4 is 5.32 Å². The Hall–Kier alpha value is -2.38. The number of aromatic nitrogens is 1. The molecule has 6 nitrogen and oxygen atoms in total. The number of hydrogen-bond acceptors (Lipinski definition) is 6. The maximum absolute atomic E-state index is 12.4. The number of rotatable bonds is 6. The van der Waals surface area contributed by atoms with Crippen LogP contribution in [-0.4, -0.2) is 22.5 Å². The molecule has 0 spiro atoms. The van der Waals surface area contributed by atoms with Gasteiger partial charge in [-0.3, -0.25) is 9.69 Å². The third-order valence-corrected chi connectivity index (χ3v) is 6.27. The van der Waals surface area contributed by atoms with Gasteiger partial charge in [-0.05, 0) is 57.5 Å². The minimum atomic E-state index is -0.0575. The van der Waals surface area contributed by atoms with Crippen molar-refractivity contribution < 1.29 is 13.7 Å². The molecule has 0 aromatic carbocycles. The fourth-order valence-corrected chi connectivity index (χ4v) is 4.68. The molecule has 7 heteroatoms. The van der Waals surface area contributed by atoms with Crippen molar-refractivity contribution in [3.05, 3.63) is 63.1 Å². The van der Waals surface area contributed by atoms with Gasteiger partial charge in [0, 0.05) is 23.0 Å². The molecule has 4 rings (SSSR count). The topological polar surface area (TPSA) is 71.5 Å². The van der Waals surface area contributed by atoms with E-state index in [1.54, 1.807) is 17.6 Å². The normalized spacial score (nSPS) is 17.5. The number of thiophene rings is 1. The summed E-state index contributed by atoms with van der Waals surface area (Å²) in [6.07, 6.45) is 3.88. The molecule has 0 radical (unpaired) electrons. The number of nitrogens with one attached hydrogen (secondary N) is 1. The molecular weight excluding hydrogens is 362 g/mol. The van der Waals surface area contributed by atoms with Crippen molar-refractivity contribution in [2.45, 2.75) is 45.8 Å². The zero-order chi connectivity index (χ0) is 18.8. The summed E-state index contributed by atoms with van der Waals surface area (Å²) in [6, 6.07) is 8.02. The zero-order valence-corrected chi connectivity index (χ0v) is 16.3. The predicted molar refractivity (Wildman–Crippen MR) is 103 cm³/mol. The Balaban J connectivity index is 1.43. The average molecular weight is 385 g/mol. The van der Waals surface area contributed by atoms with Crippen LogP contribution in [0.3, 0.4) is 0 Å². The lowest BCUT2D eigenvalue weighted by atomic mass is 10.1. The largest absolute Gasteiger partial charge is 0.467 e. The van der Waals surface area contributed by atoms with Crippen LogP contribution >= 0.6 is 11.3 Å². The van der Waals surface area contributed by atoms with Crippen LogP contribution in [0.2, 0.25) is 0 Å². The Kier molecular flexibility index (Phi) is 5.13. The van der Waals surface area contributed by atoms with E-state index in [0.29, 0.717) is 12.6 Å². The summed E-state index contributed by atoms with van der Waals surface area (Å²) in [5.41, 5.74) is 2.14. The van der Waals surface area contributed by atoms with Gasteiger partial charge in [-0.15, -0.1) is 11.3 Å². The fraction of sp³-hybridized carbons (Fsp3) is 0.400. The molecule has 3 aromatic heterocycles. The number of amides is 1. The monoisotopic (exact) mass is 385 g/mol. The van der Waals surface area contributed by atoms with Gasteiger partial charge in [0.2, 0.25) is 0 Å². The lowest BCUT2D eigenvalue weighted by Crippen LogP contribution is -2.23. The number of hydrogen-bond donors (Lipinski definition) is 1. The van der Waals surface area contributed by atoms with E-state index in [4.69, 9.17) is 8.94 Å². The first-order valence-corrected chi connectivity index (χ1v) is 9.99. The van der Waals surface area contributed by atoms with Gasteiger partial charge in [-0.1, -0.05) is 5.16 Å². The molecule has 4 heterocycles. The van der Waals surface area contributed by atoms with Crippen molar-refractivity contribution >= 4 is 17.2 Å². The Morgan fingerprint density at radius 1 is 1.37 bits per heavy atom. The average Bonchev–Trinajstić information content (AvgIpc) is 3.44. The third-order valence-electron chi connectivity index (χ3n) is 5.09. The van der Waals surface area contributed by atoms with Crippen LogP contribution in [0, 0.1) is 13.8 Å². The lowest BCUT2D eigenvalue weighted by Gasteiger charge is -2.23. The van der Waals surface area contributed by atoms with E-state index in [9.17, 15) is 4.79 Å². The summed E-state index contributed by atoms with van der Waals surface area (Å²) in [7, 11) is 0. The first-order chi connectivity index (χ1) is 13.1. The predicted octanol–water partition coefficient (Wildman–Crippen LogP) is 4.21. The highest BCUT2D eigenvalue weighted by molar-refractivity contribution is 7.14. The number of furan rings is 1. The minimum Gasteiger partial charge on any atom is -0.467 e. The van der Waals surface area contributed by atoms with Crippen LogP contribution in [0.25, 0.3) is 0 Å². The van der Waals surface area contributed by atoms with E-state index in [-0.39, 0.29) is 5.91 Å². The van der Waals surface area contributed by atoms with Gasteiger partial charge in [-0.25, -0.2) is 0 Å². The van der Waals surface area contributed by atoms with Crippen molar-refractivity contribution in [3.63, 3.8) is 0 Å². The van der Waals surface area contributed by atoms with Crippen LogP contribution in [0.5, 0.6) is 0 Å². The van der Waals surface area contributed by atoms with Crippen LogP contribution in [0.15, 0.2) is 39.5 Å². The molecule has 3 aromatic rings. The van der Waals surface area contributed by atoms with Gasteiger partial charge in [0.05, 0.1) is 23.4 Å². The van der Waals surface area contributed by atoms with Crippen LogP contribution in [0.1, 0.15) is 56.2 Å². The number of carbonyl (C=O) groups is 1. The molecule has 1 aliphatic rings. The fourth-order valence-electron chi connectivity index (χ4n) is 3.59. The molecule has 0 aliphatic carbocycles. The van der Waals surface area contributed by atoms with E-state index >= 15 is 0 Å². The highest BCUT2D eigenvalue weighted by Crippen LogP contribution is 2.37. The Morgan fingerprint density at radius 3 is 3.00 bits per heavy atom. The standard InChI is InChI=1S/C20H23N3O3S/c1-13-16(14(2)26-22-13)12-23-9-3-6-17(23)18-7-8-19(27-18)20(24)21-11-15-5-4-10-25-15/h4-5,7-8,10,17H,3,6,9,11-12H2,1-2H3,(H,21,24)/t17-/m0/s1. The molecule has 27 heavy (non-hydrogen) atoms. The van der Waals surface area contributed by atoms with Gasteiger partial charge in [-0.2, -0.15) is 0 Å². The molecule has 0 unspecified atom stereocenters. The van der Waals surface area contributed by atoms with E-state index in [0.717, 1.165) is 48.0 Å². The summed E-state index contributed by atoms with van der Waals surface area (Å²) >= 11 is 1.58. The number of likely N-dealkylation sites (tertiary alicyclic amines) is 1. The highest BCUT2D eigenvalue weighted by Gasteiger charge is 2.29. The SMILES string of the molecule is Cc1noc(C)c1CN1CCC[C@H]1c1ccc(C(=O)NCc2ccco2)s1. The Morgan fingerprint density at radius 2 is 2.26 bits per heavy atom. The lowest BCUT2D eigenvalue weighted by molar-refractivity contribution is 0.0952. The Labute approximate surface area is 162 Å². The Bertz CT molecular complexity index is 893. The molecule has 0 bridgehead atoms. The molecule has 1 amide bonds. The molecule has 142 valence electrons. The third kappa shape index (κ3) is 3.84. The zero-order valence-electron chi connectivity index (χ0n) is 15.5. The molecule has 1 atom stereocenters. The van der Waals surface area contributed by atoms with Crippen LogP contribution in [-0.2, 0) is 13.1 Å². The quantitative estimate of drug-likeness (QED) is 0.688. The molecule has 1 saturated heterocycles. The van der Waals surface area contributed by atoms with E-state index in [1.807, 2.05) is 32.0 Å². The first kappa shape index (κ1) is 18.0. The maximum atomic E-state index is 12.4. The molecule has 0 saturated carbocycles. The molecule has 1 N–H and O–H groups in total. The highest BCUT2D eigenvalue weighted by atomic mass is 32.1. The van der Waals surface area contributed by atoms with Crippen molar-refractivity contribution in [3.8, 4) is 0 Å². The van der Waals surface area contributed by atoms with Gasteiger partial charge < -0.3 is 14.3 Å². The first-order valence-electron chi connectivity index (χ1n) is 9.18. The molecular formula is C20H23N3O3S. The van der Waals surface area contributed by atoms with Gasteiger partial charge >= 0.3 is 0 Å². The maximum Gasteiger partial charge on any atom is 0.261 e. The van der Waals surface area contributed by atoms with E-state index < -0.39 is 0 Å². The second-order valence-corrected chi connectivity index (χ2v) is 8.01. The summed E-state index contributed by atoms with van der Waals surface area (Å²) in [6.45, 7) is 6.24. The summed E-state index contributed by atoms with van der Waals surface area (Å²) in [4.78, 5) is 16.9.